The number of hydrogen-bond donors (Lipinski definition) is 1. The van der Waals surface area contributed by atoms with Gasteiger partial charge in [-0.05, 0) is 38.5 Å². The molecule has 100 valence electrons. The third-order valence-electron chi connectivity index (χ3n) is 4.39. The van der Waals surface area contributed by atoms with Gasteiger partial charge in [-0.15, -0.1) is 0 Å². The van der Waals surface area contributed by atoms with Crippen molar-refractivity contribution in [3.63, 3.8) is 0 Å². The molecule has 2 rings (SSSR count). The van der Waals surface area contributed by atoms with Crippen molar-refractivity contribution in [2.45, 2.75) is 76.9 Å². The first-order valence-electron chi connectivity index (χ1n) is 7.69. The molecule has 0 aliphatic heterocycles. The van der Waals surface area contributed by atoms with Crippen molar-refractivity contribution in [2.75, 3.05) is 13.2 Å². The molecule has 2 heteroatoms. The van der Waals surface area contributed by atoms with Crippen LogP contribution in [0.3, 0.4) is 0 Å². The highest BCUT2D eigenvalue weighted by molar-refractivity contribution is 4.73. The normalized spacial score (nSPS) is 25.2. The minimum Gasteiger partial charge on any atom is -0.377 e. The fraction of sp³-hybridized carbons (Fsp3) is 1.00. The van der Waals surface area contributed by atoms with E-state index in [0.29, 0.717) is 6.10 Å². The summed E-state index contributed by atoms with van der Waals surface area (Å²) in [5, 5.41) is 3.67. The van der Waals surface area contributed by atoms with Gasteiger partial charge < -0.3 is 10.1 Å². The number of hydrogen-bond acceptors (Lipinski definition) is 2. The van der Waals surface area contributed by atoms with Crippen LogP contribution in [-0.2, 0) is 4.74 Å². The van der Waals surface area contributed by atoms with Gasteiger partial charge in [0.05, 0.1) is 6.10 Å². The first-order valence-corrected chi connectivity index (χ1v) is 7.69. The van der Waals surface area contributed by atoms with E-state index in [0.717, 1.165) is 25.1 Å². The van der Waals surface area contributed by atoms with Gasteiger partial charge >= 0.3 is 0 Å². The van der Waals surface area contributed by atoms with Crippen molar-refractivity contribution < 1.29 is 4.74 Å². The Morgan fingerprint density at radius 3 is 2.35 bits per heavy atom. The molecule has 0 heterocycles. The Balaban J connectivity index is 1.52. The van der Waals surface area contributed by atoms with Gasteiger partial charge in [0.25, 0.3) is 0 Å². The maximum Gasteiger partial charge on any atom is 0.0671 e. The summed E-state index contributed by atoms with van der Waals surface area (Å²) in [6, 6.07) is 0.765. The predicted octanol–water partition coefficient (Wildman–Crippen LogP) is 3.50. The molecule has 0 radical (unpaired) electrons. The van der Waals surface area contributed by atoms with Gasteiger partial charge in [-0.3, -0.25) is 0 Å². The lowest BCUT2D eigenvalue weighted by Gasteiger charge is -2.25. The molecule has 2 fully saturated rings. The van der Waals surface area contributed by atoms with Gasteiger partial charge in [0.15, 0.2) is 0 Å². The predicted molar refractivity (Wildman–Crippen MR) is 72.2 cm³/mol. The van der Waals surface area contributed by atoms with E-state index in [1.54, 1.807) is 0 Å². The second-order valence-electron chi connectivity index (χ2n) is 6.04. The van der Waals surface area contributed by atoms with Gasteiger partial charge in [0.1, 0.15) is 0 Å². The van der Waals surface area contributed by atoms with Crippen LogP contribution in [0.1, 0.15) is 64.7 Å². The second-order valence-corrected chi connectivity index (χ2v) is 6.04. The van der Waals surface area contributed by atoms with Gasteiger partial charge in [0.2, 0.25) is 0 Å². The largest absolute Gasteiger partial charge is 0.377 e. The third kappa shape index (κ3) is 4.97. The van der Waals surface area contributed by atoms with Crippen LogP contribution < -0.4 is 5.32 Å². The Bertz CT molecular complexity index is 195. The van der Waals surface area contributed by atoms with Crippen LogP contribution in [0.25, 0.3) is 0 Å². The minimum atomic E-state index is 0.387. The van der Waals surface area contributed by atoms with E-state index in [1.807, 2.05) is 0 Å². The van der Waals surface area contributed by atoms with Gasteiger partial charge in [0, 0.05) is 19.2 Å². The van der Waals surface area contributed by atoms with Crippen LogP contribution in [0.4, 0.5) is 0 Å². The Hall–Kier alpha value is -0.0800. The van der Waals surface area contributed by atoms with Crippen LogP contribution in [0, 0.1) is 5.92 Å². The van der Waals surface area contributed by atoms with E-state index in [2.05, 4.69) is 12.2 Å². The fourth-order valence-corrected chi connectivity index (χ4v) is 3.18. The van der Waals surface area contributed by atoms with Crippen LogP contribution in [0.5, 0.6) is 0 Å². The quantitative estimate of drug-likeness (QED) is 0.766. The molecule has 1 atom stereocenters. The van der Waals surface area contributed by atoms with Crippen LogP contribution >= 0.6 is 0 Å². The highest BCUT2D eigenvalue weighted by Gasteiger charge is 2.17. The summed E-state index contributed by atoms with van der Waals surface area (Å²) in [6.45, 7) is 4.25. The van der Waals surface area contributed by atoms with Crippen LogP contribution in [0.2, 0.25) is 0 Å². The van der Waals surface area contributed by atoms with Gasteiger partial charge in [-0.2, -0.15) is 0 Å². The molecule has 0 aromatic rings. The topological polar surface area (TPSA) is 21.3 Å². The molecule has 0 amide bonds. The van der Waals surface area contributed by atoms with Gasteiger partial charge in [-0.1, -0.05) is 32.1 Å². The molecule has 2 saturated carbocycles. The molecule has 0 aromatic carbocycles. The molecular formula is C15H29NO. The monoisotopic (exact) mass is 239 g/mol. The van der Waals surface area contributed by atoms with E-state index in [4.69, 9.17) is 4.74 Å². The summed E-state index contributed by atoms with van der Waals surface area (Å²) in [6.07, 6.45) is 13.0. The zero-order chi connectivity index (χ0) is 11.9. The zero-order valence-electron chi connectivity index (χ0n) is 11.4. The smallest absolute Gasteiger partial charge is 0.0671 e. The lowest BCUT2D eigenvalue weighted by Crippen LogP contribution is -2.37. The van der Waals surface area contributed by atoms with E-state index < -0.39 is 0 Å². The molecule has 17 heavy (non-hydrogen) atoms. The molecule has 0 spiro atoms. The van der Waals surface area contributed by atoms with Crippen LogP contribution in [-0.4, -0.2) is 25.3 Å². The van der Waals surface area contributed by atoms with E-state index in [1.165, 1.54) is 57.8 Å². The fourth-order valence-electron chi connectivity index (χ4n) is 3.18. The molecule has 2 nitrogen and oxygen atoms in total. The molecule has 0 aromatic heterocycles. The second kappa shape index (κ2) is 7.38. The Morgan fingerprint density at radius 1 is 1.00 bits per heavy atom. The van der Waals surface area contributed by atoms with Crippen molar-refractivity contribution >= 4 is 0 Å². The maximum atomic E-state index is 5.95. The first kappa shape index (κ1) is 13.4. The first-order chi connectivity index (χ1) is 8.34. The summed E-state index contributed by atoms with van der Waals surface area (Å²) < 4.78 is 5.95. The molecule has 0 bridgehead atoms. The SMILES string of the molecule is CC(CNC1CCCCC1)OCC1CCCC1. The highest BCUT2D eigenvalue weighted by atomic mass is 16.5. The Morgan fingerprint density at radius 2 is 1.65 bits per heavy atom. The molecule has 2 aliphatic rings. The van der Waals surface area contributed by atoms with Crippen molar-refractivity contribution in [3.8, 4) is 0 Å². The Labute approximate surface area is 107 Å². The maximum absolute atomic E-state index is 5.95. The van der Waals surface area contributed by atoms with E-state index in [9.17, 15) is 0 Å². The highest BCUT2D eigenvalue weighted by Crippen LogP contribution is 2.25. The number of ether oxygens (including phenoxy) is 1. The van der Waals surface area contributed by atoms with Crippen molar-refractivity contribution in [2.24, 2.45) is 5.92 Å². The summed E-state index contributed by atoms with van der Waals surface area (Å²) >= 11 is 0. The summed E-state index contributed by atoms with van der Waals surface area (Å²) in [4.78, 5) is 0. The van der Waals surface area contributed by atoms with E-state index >= 15 is 0 Å². The standard InChI is InChI=1S/C15H29NO/c1-13(17-12-14-7-5-6-8-14)11-16-15-9-3-2-4-10-15/h13-16H,2-12H2,1H3. The van der Waals surface area contributed by atoms with E-state index in [-0.39, 0.29) is 0 Å². The molecule has 1 N–H and O–H groups in total. The van der Waals surface area contributed by atoms with Crippen molar-refractivity contribution in [1.29, 1.82) is 0 Å². The molecule has 0 saturated heterocycles. The zero-order valence-corrected chi connectivity index (χ0v) is 11.4. The average Bonchev–Trinajstić information content (AvgIpc) is 2.88. The molecule has 1 unspecified atom stereocenters. The molecular weight excluding hydrogens is 210 g/mol. The summed E-state index contributed by atoms with van der Waals surface area (Å²) in [5.74, 6) is 0.854. The van der Waals surface area contributed by atoms with Gasteiger partial charge in [-0.25, -0.2) is 0 Å². The van der Waals surface area contributed by atoms with Crippen molar-refractivity contribution in [3.05, 3.63) is 0 Å². The average molecular weight is 239 g/mol. The number of nitrogens with one attached hydrogen (secondary N) is 1. The van der Waals surface area contributed by atoms with Crippen molar-refractivity contribution in [1.82, 2.24) is 5.32 Å². The minimum absolute atomic E-state index is 0.387. The lowest BCUT2D eigenvalue weighted by molar-refractivity contribution is 0.0394. The number of rotatable bonds is 6. The third-order valence-corrected chi connectivity index (χ3v) is 4.39. The Kier molecular flexibility index (Phi) is 5.79. The summed E-state index contributed by atoms with van der Waals surface area (Å²) in [7, 11) is 0. The summed E-state index contributed by atoms with van der Waals surface area (Å²) in [5.41, 5.74) is 0. The molecule has 2 aliphatic carbocycles. The van der Waals surface area contributed by atoms with Crippen LogP contribution in [0.15, 0.2) is 0 Å². The lowest BCUT2D eigenvalue weighted by atomic mass is 9.95.